The lowest BCUT2D eigenvalue weighted by molar-refractivity contribution is -0.0178. The average molecular weight is 491 g/mol. The number of ether oxygens (including phenoxy) is 1. The number of nitrogens with two attached hydrogens (primary N) is 1. The summed E-state index contributed by atoms with van der Waals surface area (Å²) in [5.74, 6) is 0.218. The van der Waals surface area contributed by atoms with Crippen LogP contribution in [0.1, 0.15) is 19.1 Å². The molecule has 0 aromatic carbocycles. The van der Waals surface area contributed by atoms with Crippen molar-refractivity contribution >= 4 is 51.2 Å². The fourth-order valence-electron chi connectivity index (χ4n) is 2.58. The summed E-state index contributed by atoms with van der Waals surface area (Å²) in [5, 5.41) is 0. The zero-order valence-electron chi connectivity index (χ0n) is 14.3. The molecule has 29 heavy (non-hydrogen) atoms. The van der Waals surface area contributed by atoms with Gasteiger partial charge in [0.05, 0.1) is 19.0 Å². The van der Waals surface area contributed by atoms with Crippen molar-refractivity contribution in [1.82, 2.24) is 19.5 Å². The Morgan fingerprint density at radius 2 is 1.93 bits per heavy atom. The topological polar surface area (TPSA) is 222 Å². The number of nitrogens with zero attached hydrogens (tertiary/aromatic N) is 4. The van der Waals surface area contributed by atoms with E-state index in [4.69, 9.17) is 24.8 Å². The summed E-state index contributed by atoms with van der Waals surface area (Å²) in [5.41, 5.74) is 6.62. The van der Waals surface area contributed by atoms with Crippen LogP contribution in [0, 0.1) is 0 Å². The van der Waals surface area contributed by atoms with E-state index in [1.54, 1.807) is 4.57 Å². The summed E-state index contributed by atoms with van der Waals surface area (Å²) < 4.78 is 42.2. The van der Waals surface area contributed by atoms with Gasteiger partial charge in [0.15, 0.2) is 11.5 Å². The van der Waals surface area contributed by atoms with E-state index in [0.717, 1.165) is 0 Å². The van der Waals surface area contributed by atoms with Crippen LogP contribution in [0.4, 0.5) is 5.82 Å². The Labute approximate surface area is 167 Å². The Bertz CT molecular complexity index is 1040. The summed E-state index contributed by atoms with van der Waals surface area (Å²) in [6, 6.07) is 0. The van der Waals surface area contributed by atoms with Gasteiger partial charge in [-0.2, -0.15) is 4.31 Å². The molecule has 162 valence electrons. The lowest BCUT2D eigenvalue weighted by Crippen LogP contribution is -2.16. The zero-order chi connectivity index (χ0) is 21.4. The molecule has 15 nitrogen and oxygen atoms in total. The van der Waals surface area contributed by atoms with Gasteiger partial charge in [0.25, 0.3) is 0 Å². The monoisotopic (exact) mass is 491 g/mol. The molecule has 0 saturated carbocycles. The Kier molecular flexibility index (Phi) is 6.57. The molecule has 3 heterocycles. The molecule has 1 aliphatic rings. The van der Waals surface area contributed by atoms with Crippen LogP contribution in [0.25, 0.3) is 11.2 Å². The summed E-state index contributed by atoms with van der Waals surface area (Å²) in [4.78, 5) is 48.3. The molecule has 19 heteroatoms. The lowest BCUT2D eigenvalue weighted by atomic mass is 10.2. The van der Waals surface area contributed by atoms with E-state index in [2.05, 4.69) is 35.4 Å². The first-order chi connectivity index (χ1) is 13.4. The first kappa shape index (κ1) is 22.8. The van der Waals surface area contributed by atoms with Crippen molar-refractivity contribution in [2.24, 2.45) is 0 Å². The van der Waals surface area contributed by atoms with E-state index in [-0.39, 0.29) is 12.4 Å². The summed E-state index contributed by atoms with van der Waals surface area (Å²) in [7, 11) is -10.7. The number of rotatable bonds is 8. The average Bonchev–Trinajstić information content (AvgIpc) is 3.16. The Morgan fingerprint density at radius 3 is 2.62 bits per heavy atom. The van der Waals surface area contributed by atoms with E-state index in [0.29, 0.717) is 24.0 Å². The SMILES string of the molecule is Nc1ncnc2c1ncn2[C@@H]1CC[C@H](COP(O)(=S)OP(=O)(O)OP(=O)(O)O)O1. The molecule has 0 spiro atoms. The standard InChI is InChI=1S/C10H16N5O10P3S/c11-9-8-10(13-4-12-9)15(5-14-8)7-2-1-6(23-7)3-22-28(21,29)25-27(19,20)24-26(16,17)18/h4-7H,1-3H2,(H,19,20)(H,21,29)(H2,11,12,13)(H2,16,17,18)/t6-,7+,28?/m1/s1. The van der Waals surface area contributed by atoms with Gasteiger partial charge in [-0.1, -0.05) is 0 Å². The highest BCUT2D eigenvalue weighted by molar-refractivity contribution is 8.08. The van der Waals surface area contributed by atoms with Crippen molar-refractivity contribution in [1.29, 1.82) is 0 Å². The van der Waals surface area contributed by atoms with Gasteiger partial charge in [-0.05, 0) is 24.6 Å². The van der Waals surface area contributed by atoms with E-state index in [1.165, 1.54) is 12.7 Å². The number of hydrogen-bond donors (Lipinski definition) is 5. The molecular formula is C10H16N5O10P3S. The van der Waals surface area contributed by atoms with Gasteiger partial charge in [0.1, 0.15) is 18.1 Å². The molecule has 0 radical (unpaired) electrons. The highest BCUT2D eigenvalue weighted by Crippen LogP contribution is 2.66. The second-order valence-electron chi connectivity index (χ2n) is 5.76. The van der Waals surface area contributed by atoms with Crippen molar-refractivity contribution in [3.8, 4) is 0 Å². The molecule has 1 fully saturated rings. The van der Waals surface area contributed by atoms with Gasteiger partial charge in [-0.3, -0.25) is 4.57 Å². The van der Waals surface area contributed by atoms with Crippen LogP contribution in [0.3, 0.4) is 0 Å². The maximum atomic E-state index is 11.5. The van der Waals surface area contributed by atoms with Crippen LogP contribution in [-0.2, 0) is 38.8 Å². The third-order valence-corrected chi connectivity index (χ3v) is 8.34. The van der Waals surface area contributed by atoms with Crippen LogP contribution in [-0.4, -0.2) is 51.8 Å². The number of nitrogen functional groups attached to an aromatic ring is 1. The van der Waals surface area contributed by atoms with Crippen molar-refractivity contribution < 1.29 is 46.6 Å². The highest BCUT2D eigenvalue weighted by atomic mass is 32.5. The first-order valence-corrected chi connectivity index (χ1v) is 13.3. The minimum absolute atomic E-state index is 0.218. The van der Waals surface area contributed by atoms with E-state index < -0.39 is 34.7 Å². The largest absolute Gasteiger partial charge is 0.488 e. The van der Waals surface area contributed by atoms with E-state index in [1.807, 2.05) is 0 Å². The fourth-order valence-corrected chi connectivity index (χ4v) is 6.57. The quantitative estimate of drug-likeness (QED) is 0.318. The zero-order valence-corrected chi connectivity index (χ0v) is 17.8. The smallest absolute Gasteiger partial charge is 0.382 e. The molecule has 1 aliphatic heterocycles. The van der Waals surface area contributed by atoms with Gasteiger partial charge in [0.2, 0.25) is 0 Å². The normalized spacial score (nSPS) is 24.4. The van der Waals surface area contributed by atoms with Gasteiger partial charge >= 0.3 is 22.4 Å². The number of phosphoric acid groups is 2. The molecule has 2 unspecified atom stereocenters. The maximum absolute atomic E-state index is 11.5. The Balaban J connectivity index is 1.58. The number of anilines is 1. The van der Waals surface area contributed by atoms with Gasteiger partial charge < -0.3 is 34.6 Å². The second-order valence-corrected chi connectivity index (χ2v) is 11.6. The second kappa shape index (κ2) is 8.35. The molecule has 0 aliphatic carbocycles. The molecule has 3 rings (SSSR count). The lowest BCUT2D eigenvalue weighted by Gasteiger charge is -2.21. The third-order valence-electron chi connectivity index (χ3n) is 3.62. The third kappa shape index (κ3) is 6.07. The molecule has 4 atom stereocenters. The van der Waals surface area contributed by atoms with Crippen molar-refractivity contribution in [2.75, 3.05) is 12.3 Å². The van der Waals surface area contributed by atoms with Gasteiger partial charge in [-0.25, -0.2) is 28.4 Å². The molecular weight excluding hydrogens is 475 g/mol. The molecule has 1 saturated heterocycles. The Morgan fingerprint density at radius 1 is 1.21 bits per heavy atom. The van der Waals surface area contributed by atoms with Crippen LogP contribution in [0.2, 0.25) is 0 Å². The molecule has 2 aromatic rings. The van der Waals surface area contributed by atoms with Crippen LogP contribution < -0.4 is 5.73 Å². The van der Waals surface area contributed by atoms with Crippen LogP contribution >= 0.6 is 22.4 Å². The number of imidazole rings is 1. The van der Waals surface area contributed by atoms with Gasteiger partial charge in [-0.15, -0.1) is 0 Å². The van der Waals surface area contributed by atoms with Crippen LogP contribution in [0.15, 0.2) is 12.7 Å². The predicted octanol–water partition coefficient (Wildman–Crippen LogP) is 0.546. The summed E-state index contributed by atoms with van der Waals surface area (Å²) in [6.45, 7) is -4.68. The maximum Gasteiger partial charge on any atom is 0.488 e. The predicted molar refractivity (Wildman–Crippen MR) is 99.4 cm³/mol. The van der Waals surface area contributed by atoms with E-state index in [9.17, 15) is 18.9 Å². The molecule has 0 bridgehead atoms. The minimum atomic E-state index is -5.36. The first-order valence-electron chi connectivity index (χ1n) is 7.72. The van der Waals surface area contributed by atoms with E-state index >= 15 is 0 Å². The fraction of sp³-hybridized carbons (Fsp3) is 0.500. The summed E-state index contributed by atoms with van der Waals surface area (Å²) in [6.07, 6.45) is 2.73. The molecule has 0 amide bonds. The molecule has 2 aromatic heterocycles. The molecule has 6 N–H and O–H groups in total. The number of hydrogen-bond acceptors (Lipinski definition) is 11. The van der Waals surface area contributed by atoms with Crippen molar-refractivity contribution in [3.63, 3.8) is 0 Å². The highest BCUT2D eigenvalue weighted by Gasteiger charge is 2.39. The summed E-state index contributed by atoms with van der Waals surface area (Å²) >= 11 is 4.56. The number of fused-ring (bicyclic) bond motifs is 1. The van der Waals surface area contributed by atoms with Crippen LogP contribution in [0.5, 0.6) is 0 Å². The van der Waals surface area contributed by atoms with Crippen molar-refractivity contribution in [2.45, 2.75) is 25.2 Å². The van der Waals surface area contributed by atoms with Gasteiger partial charge in [0, 0.05) is 0 Å². The van der Waals surface area contributed by atoms with Crippen molar-refractivity contribution in [3.05, 3.63) is 12.7 Å². The number of aromatic nitrogens is 4. The minimum Gasteiger partial charge on any atom is -0.382 e. The Hall–Kier alpha value is -0.860.